The maximum absolute atomic E-state index is 11.8. The summed E-state index contributed by atoms with van der Waals surface area (Å²) < 4.78 is 52.8. The van der Waals surface area contributed by atoms with Crippen molar-refractivity contribution >= 4 is 5.97 Å². The molecule has 0 saturated carbocycles. The molecule has 0 radical (unpaired) electrons. The second-order valence-electron chi connectivity index (χ2n) is 15.7. The predicted molar refractivity (Wildman–Crippen MR) is 208 cm³/mol. The summed E-state index contributed by atoms with van der Waals surface area (Å²) in [5.41, 5.74) is 0.845. The number of hydrogen-bond donors (Lipinski definition) is 0. The van der Waals surface area contributed by atoms with E-state index in [-0.39, 0.29) is 61.6 Å². The summed E-state index contributed by atoms with van der Waals surface area (Å²) in [6.45, 7) is 5.09. The van der Waals surface area contributed by atoms with Crippen LogP contribution in [-0.4, -0.2) is 96.5 Å². The van der Waals surface area contributed by atoms with Gasteiger partial charge in [-0.2, -0.15) is 0 Å². The van der Waals surface area contributed by atoms with Gasteiger partial charge in [-0.15, -0.1) is 0 Å². The van der Waals surface area contributed by atoms with Gasteiger partial charge in [0.2, 0.25) is 0 Å². The summed E-state index contributed by atoms with van der Waals surface area (Å²) in [6.07, 6.45) is 29.5. The van der Waals surface area contributed by atoms with Crippen LogP contribution >= 0.6 is 0 Å². The first-order chi connectivity index (χ1) is 26.0. The molecule has 53 heavy (non-hydrogen) atoms. The Kier molecular flexibility index (Phi) is 25.5. The molecule has 0 spiro atoms. The SMILES string of the molecule is CCCCCCCCCC[C@@H](OCOC)[C@H]1CC[C@@H]([C@H]2CC[C@H]([C@@H](CCCC[C@@H](CCCCCCCC3=C[C@H](C)OC3=O)OCOC)OCOC)O2)O1. The molecule has 0 aromatic heterocycles. The number of carbonyl (C=O) groups is 1. The van der Waals surface area contributed by atoms with Crippen LogP contribution in [0.25, 0.3) is 0 Å². The minimum absolute atomic E-state index is 0.000292. The second-order valence-corrected chi connectivity index (χ2v) is 15.7. The Morgan fingerprint density at radius 1 is 0.604 bits per heavy atom. The van der Waals surface area contributed by atoms with Crippen molar-refractivity contribution in [3.63, 3.8) is 0 Å². The number of esters is 1. The quantitative estimate of drug-likeness (QED) is 0.0359. The summed E-state index contributed by atoms with van der Waals surface area (Å²) >= 11 is 0. The van der Waals surface area contributed by atoms with Crippen LogP contribution < -0.4 is 0 Å². The van der Waals surface area contributed by atoms with Crippen LogP contribution in [0.1, 0.15) is 168 Å². The van der Waals surface area contributed by atoms with Crippen LogP contribution in [0.2, 0.25) is 0 Å². The topological polar surface area (TPSA) is 100 Å². The highest BCUT2D eigenvalue weighted by Gasteiger charge is 2.42. The molecule has 3 aliphatic heterocycles. The lowest BCUT2D eigenvalue weighted by Gasteiger charge is -2.27. The normalized spacial score (nSPS) is 24.8. The van der Waals surface area contributed by atoms with Gasteiger partial charge in [-0.3, -0.25) is 0 Å². The lowest BCUT2D eigenvalue weighted by molar-refractivity contribution is -0.158. The van der Waals surface area contributed by atoms with E-state index in [0.29, 0.717) is 13.6 Å². The van der Waals surface area contributed by atoms with E-state index in [2.05, 4.69) is 6.92 Å². The number of ether oxygens (including phenoxy) is 9. The predicted octanol–water partition coefficient (Wildman–Crippen LogP) is 9.74. The molecule has 310 valence electrons. The molecule has 3 heterocycles. The van der Waals surface area contributed by atoms with Gasteiger partial charge in [-0.25, -0.2) is 4.79 Å². The first kappa shape index (κ1) is 46.3. The van der Waals surface area contributed by atoms with Crippen LogP contribution in [0.5, 0.6) is 0 Å². The molecule has 2 saturated heterocycles. The van der Waals surface area contributed by atoms with Crippen molar-refractivity contribution in [3.05, 3.63) is 11.6 Å². The van der Waals surface area contributed by atoms with E-state index in [1.165, 1.54) is 64.2 Å². The Morgan fingerprint density at radius 3 is 1.57 bits per heavy atom. The Balaban J connectivity index is 1.34. The largest absolute Gasteiger partial charge is 0.455 e. The zero-order chi connectivity index (χ0) is 37.9. The van der Waals surface area contributed by atoms with Crippen LogP contribution in [0.4, 0.5) is 0 Å². The van der Waals surface area contributed by atoms with E-state index in [9.17, 15) is 4.79 Å². The molecule has 0 aromatic carbocycles. The average Bonchev–Trinajstić information content (AvgIpc) is 3.92. The highest BCUT2D eigenvalue weighted by atomic mass is 16.7. The number of unbranched alkanes of at least 4 members (excludes halogenated alkanes) is 12. The van der Waals surface area contributed by atoms with Crippen molar-refractivity contribution < 1.29 is 47.4 Å². The summed E-state index contributed by atoms with van der Waals surface area (Å²) in [5.74, 6) is -0.137. The van der Waals surface area contributed by atoms with Gasteiger partial charge in [0.1, 0.15) is 26.5 Å². The van der Waals surface area contributed by atoms with Crippen molar-refractivity contribution in [3.8, 4) is 0 Å². The number of methoxy groups -OCH3 is 3. The molecule has 0 aromatic rings. The third-order valence-electron chi connectivity index (χ3n) is 11.2. The van der Waals surface area contributed by atoms with Crippen molar-refractivity contribution in [2.24, 2.45) is 0 Å². The van der Waals surface area contributed by atoms with Gasteiger partial charge in [0.25, 0.3) is 0 Å². The van der Waals surface area contributed by atoms with E-state index in [4.69, 9.17) is 42.6 Å². The Bertz CT molecular complexity index is 946. The van der Waals surface area contributed by atoms with Gasteiger partial charge in [0.15, 0.2) is 0 Å². The van der Waals surface area contributed by atoms with E-state index in [1.807, 2.05) is 13.0 Å². The van der Waals surface area contributed by atoms with Gasteiger partial charge >= 0.3 is 5.97 Å². The van der Waals surface area contributed by atoms with Crippen molar-refractivity contribution in [1.82, 2.24) is 0 Å². The van der Waals surface area contributed by atoms with Gasteiger partial charge in [-0.1, -0.05) is 96.8 Å². The van der Waals surface area contributed by atoms with Crippen LogP contribution in [0, 0.1) is 0 Å². The van der Waals surface area contributed by atoms with E-state index in [1.54, 1.807) is 21.3 Å². The molecule has 10 heteroatoms. The molecule has 2 fully saturated rings. The zero-order valence-corrected chi connectivity index (χ0v) is 34.4. The standard InChI is InChI=1S/C43H78O10/c1-6-7-8-9-10-11-15-18-24-37(49-32-46-4)39-26-28-41(52-39)42-29-27-40(53-42)38(50-33-47-5)25-20-19-23-36(48-31-45-3)22-17-14-12-13-16-21-35-30-34(2)51-43(35)44/h30,34,36-42H,6-29,31-33H2,1-5H3/t34-,36+,37+,38+,39+,40+,41-,42+/m0/s1. The highest BCUT2D eigenvalue weighted by molar-refractivity contribution is 5.90. The first-order valence-corrected chi connectivity index (χ1v) is 21.5. The molecule has 0 aliphatic carbocycles. The molecule has 3 rings (SSSR count). The second kappa shape index (κ2) is 29.2. The fourth-order valence-corrected chi connectivity index (χ4v) is 8.24. The number of rotatable bonds is 34. The Morgan fingerprint density at radius 2 is 1.06 bits per heavy atom. The first-order valence-electron chi connectivity index (χ1n) is 21.5. The molecule has 0 amide bonds. The molecule has 0 unspecified atom stereocenters. The van der Waals surface area contributed by atoms with Gasteiger partial charge < -0.3 is 42.6 Å². The lowest BCUT2D eigenvalue weighted by atomic mass is 9.99. The summed E-state index contributed by atoms with van der Waals surface area (Å²) in [4.78, 5) is 11.8. The summed E-state index contributed by atoms with van der Waals surface area (Å²) in [7, 11) is 5.05. The number of carbonyl (C=O) groups excluding carboxylic acids is 1. The molecule has 0 N–H and O–H groups in total. The van der Waals surface area contributed by atoms with Gasteiger partial charge in [0, 0.05) is 26.9 Å². The van der Waals surface area contributed by atoms with Crippen molar-refractivity contribution in [2.75, 3.05) is 41.7 Å². The number of hydrogen-bond acceptors (Lipinski definition) is 10. The molecule has 10 nitrogen and oxygen atoms in total. The molecular weight excluding hydrogens is 676 g/mol. The van der Waals surface area contributed by atoms with E-state index < -0.39 is 0 Å². The fourth-order valence-electron chi connectivity index (χ4n) is 8.24. The molecular formula is C43H78O10. The minimum Gasteiger partial charge on any atom is -0.455 e. The smallest absolute Gasteiger partial charge is 0.334 e. The Labute approximate surface area is 323 Å². The zero-order valence-electron chi connectivity index (χ0n) is 34.4. The van der Waals surface area contributed by atoms with Gasteiger partial charge in [-0.05, 0) is 77.2 Å². The van der Waals surface area contributed by atoms with Gasteiger partial charge in [0.05, 0.1) is 42.7 Å². The lowest BCUT2D eigenvalue weighted by Crippen LogP contribution is -2.35. The van der Waals surface area contributed by atoms with E-state index >= 15 is 0 Å². The Hall–Kier alpha value is -1.11. The third kappa shape index (κ3) is 19.1. The minimum atomic E-state index is -0.137. The van der Waals surface area contributed by atoms with Crippen LogP contribution in [-0.2, 0) is 47.4 Å². The molecule has 3 aliphatic rings. The summed E-state index contributed by atoms with van der Waals surface area (Å²) in [5, 5.41) is 0. The van der Waals surface area contributed by atoms with Crippen molar-refractivity contribution in [1.29, 1.82) is 0 Å². The van der Waals surface area contributed by atoms with Crippen LogP contribution in [0.3, 0.4) is 0 Å². The average molecular weight is 755 g/mol. The third-order valence-corrected chi connectivity index (χ3v) is 11.2. The summed E-state index contributed by atoms with van der Waals surface area (Å²) in [6, 6.07) is 0. The maximum atomic E-state index is 11.8. The van der Waals surface area contributed by atoms with E-state index in [0.717, 1.165) is 95.5 Å². The fraction of sp³-hybridized carbons (Fsp3) is 0.930. The monoisotopic (exact) mass is 755 g/mol. The highest BCUT2D eigenvalue weighted by Crippen LogP contribution is 2.36. The molecule has 8 atom stereocenters. The van der Waals surface area contributed by atoms with Crippen molar-refractivity contribution in [2.45, 2.75) is 217 Å². The maximum Gasteiger partial charge on any atom is 0.334 e. The van der Waals surface area contributed by atoms with Crippen LogP contribution in [0.15, 0.2) is 11.6 Å². The molecule has 0 bridgehead atoms. The number of cyclic esters (lactones) is 1.